The van der Waals surface area contributed by atoms with Gasteiger partial charge in [0.05, 0.1) is 5.69 Å². The molecule has 19 heavy (non-hydrogen) atoms. The van der Waals surface area contributed by atoms with Crippen molar-refractivity contribution in [3.63, 3.8) is 0 Å². The zero-order valence-corrected chi connectivity index (χ0v) is 12.7. The minimum Gasteiger partial charge on any atom is -0.361 e. The monoisotopic (exact) mass is 265 g/mol. The summed E-state index contributed by atoms with van der Waals surface area (Å²) in [6.45, 7) is 13.0. The Labute approximate surface area is 116 Å². The smallest absolute Gasteiger partial charge is 0.138 e. The largest absolute Gasteiger partial charge is 0.361 e. The Bertz CT molecular complexity index is 383. The van der Waals surface area contributed by atoms with E-state index < -0.39 is 0 Å². The Hall–Kier alpha value is -0.870. The summed E-state index contributed by atoms with van der Waals surface area (Å²) < 4.78 is 5.27. The van der Waals surface area contributed by atoms with Crippen molar-refractivity contribution in [1.82, 2.24) is 15.4 Å². The first kappa shape index (κ1) is 14.5. The van der Waals surface area contributed by atoms with E-state index in [-0.39, 0.29) is 0 Å². The van der Waals surface area contributed by atoms with E-state index in [0.717, 1.165) is 43.6 Å². The lowest BCUT2D eigenvalue weighted by molar-refractivity contribution is 0.230. The molecule has 2 unspecified atom stereocenters. The Balaban J connectivity index is 2.02. The lowest BCUT2D eigenvalue weighted by Crippen LogP contribution is -2.41. The van der Waals surface area contributed by atoms with Crippen molar-refractivity contribution in [2.45, 2.75) is 53.1 Å². The first-order valence-corrected chi connectivity index (χ1v) is 7.49. The summed E-state index contributed by atoms with van der Waals surface area (Å²) in [5.41, 5.74) is 2.31. The molecule has 4 nitrogen and oxygen atoms in total. The molecule has 0 aliphatic carbocycles. The summed E-state index contributed by atoms with van der Waals surface area (Å²) in [7, 11) is 0. The SMILES string of the molecule is CCC(C)C1CN(Cc2c(C)noc2C)CCCN1. The van der Waals surface area contributed by atoms with Gasteiger partial charge in [0.25, 0.3) is 0 Å². The number of hydrogen-bond acceptors (Lipinski definition) is 4. The third kappa shape index (κ3) is 3.57. The second-order valence-electron chi connectivity index (χ2n) is 5.84. The third-order valence-corrected chi connectivity index (χ3v) is 4.41. The molecule has 1 aliphatic heterocycles. The van der Waals surface area contributed by atoms with E-state index in [1.165, 1.54) is 18.4 Å². The fourth-order valence-electron chi connectivity index (χ4n) is 2.78. The Morgan fingerprint density at radius 3 is 2.89 bits per heavy atom. The highest BCUT2D eigenvalue weighted by atomic mass is 16.5. The maximum absolute atomic E-state index is 5.27. The molecule has 2 atom stereocenters. The average Bonchev–Trinajstić information content (AvgIpc) is 2.62. The molecule has 1 aromatic heterocycles. The van der Waals surface area contributed by atoms with E-state index in [9.17, 15) is 0 Å². The van der Waals surface area contributed by atoms with Crippen LogP contribution >= 0.6 is 0 Å². The van der Waals surface area contributed by atoms with Crippen molar-refractivity contribution in [3.8, 4) is 0 Å². The van der Waals surface area contributed by atoms with Crippen molar-refractivity contribution in [3.05, 3.63) is 17.0 Å². The van der Waals surface area contributed by atoms with E-state index in [2.05, 4.69) is 29.2 Å². The molecule has 1 N–H and O–H groups in total. The van der Waals surface area contributed by atoms with Crippen molar-refractivity contribution in [2.24, 2.45) is 5.92 Å². The summed E-state index contributed by atoms with van der Waals surface area (Å²) in [5, 5.41) is 7.75. The van der Waals surface area contributed by atoms with Crippen LogP contribution in [0.4, 0.5) is 0 Å². The van der Waals surface area contributed by atoms with Crippen LogP contribution in [0.15, 0.2) is 4.52 Å². The van der Waals surface area contributed by atoms with Gasteiger partial charge in [0.15, 0.2) is 0 Å². The van der Waals surface area contributed by atoms with Crippen LogP contribution in [-0.2, 0) is 6.54 Å². The molecule has 108 valence electrons. The fourth-order valence-corrected chi connectivity index (χ4v) is 2.78. The highest BCUT2D eigenvalue weighted by molar-refractivity contribution is 5.20. The highest BCUT2D eigenvalue weighted by Gasteiger charge is 2.23. The molecule has 0 bridgehead atoms. The molecule has 2 rings (SSSR count). The first-order chi connectivity index (χ1) is 9.11. The Kier molecular flexibility index (Phi) is 4.99. The van der Waals surface area contributed by atoms with Crippen molar-refractivity contribution in [2.75, 3.05) is 19.6 Å². The molecule has 1 aliphatic rings. The molecule has 1 saturated heterocycles. The summed E-state index contributed by atoms with van der Waals surface area (Å²) in [6.07, 6.45) is 2.45. The molecular weight excluding hydrogens is 238 g/mol. The Morgan fingerprint density at radius 2 is 2.26 bits per heavy atom. The maximum atomic E-state index is 5.27. The second kappa shape index (κ2) is 6.53. The van der Waals surface area contributed by atoms with Crippen LogP contribution in [-0.4, -0.2) is 35.7 Å². The van der Waals surface area contributed by atoms with Gasteiger partial charge in [0.2, 0.25) is 0 Å². The zero-order valence-electron chi connectivity index (χ0n) is 12.7. The molecule has 2 heterocycles. The van der Waals surface area contributed by atoms with Crippen molar-refractivity contribution in [1.29, 1.82) is 0 Å². The van der Waals surface area contributed by atoms with Gasteiger partial charge < -0.3 is 9.84 Å². The normalized spacial score (nSPS) is 23.3. The lowest BCUT2D eigenvalue weighted by Gasteiger charge is -2.28. The zero-order chi connectivity index (χ0) is 13.8. The number of rotatable bonds is 4. The number of nitrogens with zero attached hydrogens (tertiary/aromatic N) is 2. The molecule has 0 saturated carbocycles. The lowest BCUT2D eigenvalue weighted by atomic mass is 9.99. The standard InChI is InChI=1S/C15H27N3O/c1-5-11(2)15-10-18(8-6-7-16-15)9-14-12(3)17-19-13(14)4/h11,15-16H,5-10H2,1-4H3. The van der Waals surface area contributed by atoms with Gasteiger partial charge in [-0.1, -0.05) is 25.4 Å². The van der Waals surface area contributed by atoms with Gasteiger partial charge in [-0.3, -0.25) is 4.90 Å². The van der Waals surface area contributed by atoms with E-state index in [0.29, 0.717) is 6.04 Å². The quantitative estimate of drug-likeness (QED) is 0.908. The molecule has 4 heteroatoms. The van der Waals surface area contributed by atoms with E-state index in [1.807, 2.05) is 13.8 Å². The van der Waals surface area contributed by atoms with Gasteiger partial charge in [0, 0.05) is 24.7 Å². The van der Waals surface area contributed by atoms with Crippen LogP contribution in [0.3, 0.4) is 0 Å². The van der Waals surface area contributed by atoms with Gasteiger partial charge in [-0.2, -0.15) is 0 Å². The van der Waals surface area contributed by atoms with Crippen LogP contribution < -0.4 is 5.32 Å². The van der Waals surface area contributed by atoms with Gasteiger partial charge in [0.1, 0.15) is 5.76 Å². The number of aryl methyl sites for hydroxylation is 2. The number of aromatic nitrogens is 1. The minimum atomic E-state index is 0.605. The molecular formula is C15H27N3O. The summed E-state index contributed by atoms with van der Waals surface area (Å²) in [5.74, 6) is 1.69. The Morgan fingerprint density at radius 1 is 1.47 bits per heavy atom. The molecule has 1 fully saturated rings. The first-order valence-electron chi connectivity index (χ1n) is 7.49. The third-order valence-electron chi connectivity index (χ3n) is 4.41. The summed E-state index contributed by atoms with van der Waals surface area (Å²) >= 11 is 0. The maximum Gasteiger partial charge on any atom is 0.138 e. The molecule has 0 aromatic carbocycles. The predicted molar refractivity (Wildman–Crippen MR) is 77.1 cm³/mol. The molecule has 1 aromatic rings. The van der Waals surface area contributed by atoms with Crippen molar-refractivity contribution < 1.29 is 4.52 Å². The van der Waals surface area contributed by atoms with E-state index >= 15 is 0 Å². The fraction of sp³-hybridized carbons (Fsp3) is 0.800. The predicted octanol–water partition coefficient (Wildman–Crippen LogP) is 2.50. The van der Waals surface area contributed by atoms with Gasteiger partial charge in [-0.05, 0) is 39.3 Å². The van der Waals surface area contributed by atoms with Crippen LogP contribution in [0.2, 0.25) is 0 Å². The van der Waals surface area contributed by atoms with Crippen molar-refractivity contribution >= 4 is 0 Å². The van der Waals surface area contributed by atoms with Crippen LogP contribution in [0.1, 0.15) is 43.7 Å². The van der Waals surface area contributed by atoms with Gasteiger partial charge in [-0.15, -0.1) is 0 Å². The van der Waals surface area contributed by atoms with E-state index in [1.54, 1.807) is 0 Å². The molecule has 0 amide bonds. The topological polar surface area (TPSA) is 41.3 Å². The summed E-state index contributed by atoms with van der Waals surface area (Å²) in [4.78, 5) is 2.54. The van der Waals surface area contributed by atoms with E-state index in [4.69, 9.17) is 4.52 Å². The van der Waals surface area contributed by atoms with Crippen LogP contribution in [0.25, 0.3) is 0 Å². The van der Waals surface area contributed by atoms with Gasteiger partial charge in [-0.25, -0.2) is 0 Å². The minimum absolute atomic E-state index is 0.605. The average molecular weight is 265 g/mol. The van der Waals surface area contributed by atoms with Gasteiger partial charge >= 0.3 is 0 Å². The van der Waals surface area contributed by atoms with Crippen LogP contribution in [0, 0.1) is 19.8 Å². The molecule has 0 spiro atoms. The molecule has 0 radical (unpaired) electrons. The second-order valence-corrected chi connectivity index (χ2v) is 5.84. The number of nitrogens with one attached hydrogen (secondary N) is 1. The highest BCUT2D eigenvalue weighted by Crippen LogP contribution is 2.18. The number of hydrogen-bond donors (Lipinski definition) is 1. The summed E-state index contributed by atoms with van der Waals surface area (Å²) in [6, 6.07) is 0.605. The van der Waals surface area contributed by atoms with Crippen LogP contribution in [0.5, 0.6) is 0 Å².